The number of hydrogen-bond donors (Lipinski definition) is 1. The van der Waals surface area contributed by atoms with Crippen molar-refractivity contribution in [3.63, 3.8) is 0 Å². The van der Waals surface area contributed by atoms with Gasteiger partial charge in [-0.15, -0.1) is 0 Å². The molecule has 2 rings (SSSR count). The van der Waals surface area contributed by atoms with Gasteiger partial charge in [-0.1, -0.05) is 0 Å². The van der Waals surface area contributed by atoms with Crippen molar-refractivity contribution >= 4 is 5.97 Å². The summed E-state index contributed by atoms with van der Waals surface area (Å²) in [4.78, 5) is 19.1. The molecule has 17 heavy (non-hydrogen) atoms. The highest BCUT2D eigenvalue weighted by Crippen LogP contribution is 2.25. The highest BCUT2D eigenvalue weighted by atomic mass is 16.4. The average Bonchev–Trinajstić information content (AvgIpc) is 2.71. The van der Waals surface area contributed by atoms with Gasteiger partial charge in [0.05, 0.1) is 17.2 Å². The predicted molar refractivity (Wildman–Crippen MR) is 60.5 cm³/mol. The molecule has 0 radical (unpaired) electrons. The molecule has 0 bridgehead atoms. The molecule has 2 aromatic rings. The number of rotatable bonds is 3. The van der Waals surface area contributed by atoms with Gasteiger partial charge in [0.2, 0.25) is 5.89 Å². The topological polar surface area (TPSA) is 76.2 Å². The second-order valence-electron chi connectivity index (χ2n) is 3.76. The minimum Gasteiger partial charge on any atom is -0.481 e. The SMILES string of the molecule is Cc1oc(-c2cccnc2)nc1C(C)C(=O)O. The van der Waals surface area contributed by atoms with Gasteiger partial charge in [-0.25, -0.2) is 4.98 Å². The molecular formula is C12H12N2O3. The lowest BCUT2D eigenvalue weighted by atomic mass is 10.1. The van der Waals surface area contributed by atoms with Crippen molar-refractivity contribution in [2.45, 2.75) is 19.8 Å². The molecule has 0 saturated carbocycles. The normalized spacial score (nSPS) is 12.4. The fraction of sp³-hybridized carbons (Fsp3) is 0.250. The zero-order valence-corrected chi connectivity index (χ0v) is 9.54. The van der Waals surface area contributed by atoms with Crippen molar-refractivity contribution in [2.75, 3.05) is 0 Å². The second kappa shape index (κ2) is 4.37. The lowest BCUT2D eigenvalue weighted by molar-refractivity contribution is -0.138. The first-order chi connectivity index (χ1) is 8.09. The molecule has 0 fully saturated rings. The average molecular weight is 232 g/mol. The van der Waals surface area contributed by atoms with Crippen molar-refractivity contribution in [1.29, 1.82) is 0 Å². The van der Waals surface area contributed by atoms with Crippen LogP contribution < -0.4 is 0 Å². The molecule has 0 aliphatic heterocycles. The lowest BCUT2D eigenvalue weighted by Gasteiger charge is -2.00. The molecule has 88 valence electrons. The van der Waals surface area contributed by atoms with Crippen molar-refractivity contribution in [2.24, 2.45) is 0 Å². The fourth-order valence-corrected chi connectivity index (χ4v) is 1.54. The van der Waals surface area contributed by atoms with E-state index in [9.17, 15) is 4.79 Å². The van der Waals surface area contributed by atoms with Gasteiger partial charge < -0.3 is 9.52 Å². The Morgan fingerprint density at radius 1 is 1.53 bits per heavy atom. The van der Waals surface area contributed by atoms with Crippen LogP contribution in [0.4, 0.5) is 0 Å². The highest BCUT2D eigenvalue weighted by Gasteiger charge is 2.22. The van der Waals surface area contributed by atoms with Gasteiger partial charge in [0.25, 0.3) is 0 Å². The number of oxazole rings is 1. The zero-order valence-electron chi connectivity index (χ0n) is 9.54. The Bertz CT molecular complexity index is 534. The van der Waals surface area contributed by atoms with Crippen LogP contribution in [0.1, 0.15) is 24.3 Å². The molecule has 5 nitrogen and oxygen atoms in total. The van der Waals surface area contributed by atoms with E-state index in [4.69, 9.17) is 9.52 Å². The van der Waals surface area contributed by atoms with E-state index in [0.717, 1.165) is 5.56 Å². The number of pyridine rings is 1. The van der Waals surface area contributed by atoms with Crippen LogP contribution in [0.15, 0.2) is 28.9 Å². The van der Waals surface area contributed by atoms with Gasteiger partial charge in [-0.05, 0) is 26.0 Å². The summed E-state index contributed by atoms with van der Waals surface area (Å²) >= 11 is 0. The number of carbonyl (C=O) groups is 1. The quantitative estimate of drug-likeness (QED) is 0.878. The van der Waals surface area contributed by atoms with E-state index in [1.165, 1.54) is 0 Å². The lowest BCUT2D eigenvalue weighted by Crippen LogP contribution is -2.08. The zero-order chi connectivity index (χ0) is 12.4. The van der Waals surface area contributed by atoms with Crippen LogP contribution in [0.3, 0.4) is 0 Å². The Balaban J connectivity index is 2.41. The van der Waals surface area contributed by atoms with Gasteiger partial charge in [-0.3, -0.25) is 9.78 Å². The van der Waals surface area contributed by atoms with Crippen LogP contribution in [0.25, 0.3) is 11.5 Å². The first kappa shape index (κ1) is 11.3. The molecule has 0 aromatic carbocycles. The maximum atomic E-state index is 10.9. The summed E-state index contributed by atoms with van der Waals surface area (Å²) in [5, 5.41) is 8.95. The molecule has 2 aromatic heterocycles. The summed E-state index contributed by atoms with van der Waals surface area (Å²) in [6, 6.07) is 3.59. The molecule has 1 unspecified atom stereocenters. The highest BCUT2D eigenvalue weighted by molar-refractivity contribution is 5.75. The van der Waals surface area contributed by atoms with Crippen molar-refractivity contribution in [3.8, 4) is 11.5 Å². The summed E-state index contributed by atoms with van der Waals surface area (Å²) in [6.07, 6.45) is 3.28. The van der Waals surface area contributed by atoms with Crippen LogP contribution in [-0.4, -0.2) is 21.0 Å². The molecule has 0 spiro atoms. The van der Waals surface area contributed by atoms with E-state index in [0.29, 0.717) is 17.3 Å². The van der Waals surface area contributed by atoms with Gasteiger partial charge >= 0.3 is 5.97 Å². The maximum Gasteiger partial charge on any atom is 0.312 e. The summed E-state index contributed by atoms with van der Waals surface area (Å²) in [5.74, 6) is -0.666. The van der Waals surface area contributed by atoms with Gasteiger partial charge in [-0.2, -0.15) is 0 Å². The van der Waals surface area contributed by atoms with Crippen LogP contribution in [0.2, 0.25) is 0 Å². The van der Waals surface area contributed by atoms with E-state index < -0.39 is 11.9 Å². The maximum absolute atomic E-state index is 10.9. The third kappa shape index (κ3) is 2.18. The van der Waals surface area contributed by atoms with Gasteiger partial charge in [0.15, 0.2) is 0 Å². The van der Waals surface area contributed by atoms with Crippen LogP contribution >= 0.6 is 0 Å². The van der Waals surface area contributed by atoms with E-state index in [2.05, 4.69) is 9.97 Å². The van der Waals surface area contributed by atoms with Crippen molar-refractivity contribution < 1.29 is 14.3 Å². The number of nitrogens with zero attached hydrogens (tertiary/aromatic N) is 2. The third-order valence-electron chi connectivity index (χ3n) is 2.52. The summed E-state index contributed by atoms with van der Waals surface area (Å²) in [5.41, 5.74) is 1.19. The molecule has 2 heterocycles. The molecule has 0 aliphatic rings. The Labute approximate surface area is 98.1 Å². The largest absolute Gasteiger partial charge is 0.481 e. The monoisotopic (exact) mass is 232 g/mol. The summed E-state index contributed by atoms with van der Waals surface area (Å²) in [7, 11) is 0. The van der Waals surface area contributed by atoms with Gasteiger partial charge in [0, 0.05) is 12.4 Å². The second-order valence-corrected chi connectivity index (χ2v) is 3.76. The van der Waals surface area contributed by atoms with E-state index in [-0.39, 0.29) is 0 Å². The van der Waals surface area contributed by atoms with Crippen molar-refractivity contribution in [1.82, 2.24) is 9.97 Å². The first-order valence-electron chi connectivity index (χ1n) is 5.20. The minimum absolute atomic E-state index is 0.402. The number of aromatic nitrogens is 2. The Hall–Kier alpha value is -2.17. The van der Waals surface area contributed by atoms with Crippen LogP contribution in [-0.2, 0) is 4.79 Å². The molecule has 1 atom stereocenters. The first-order valence-corrected chi connectivity index (χ1v) is 5.20. The smallest absolute Gasteiger partial charge is 0.312 e. The van der Waals surface area contributed by atoms with E-state index >= 15 is 0 Å². The van der Waals surface area contributed by atoms with Crippen LogP contribution in [0, 0.1) is 6.92 Å². The predicted octanol–water partition coefficient (Wildman–Crippen LogP) is 2.23. The molecular weight excluding hydrogens is 220 g/mol. The minimum atomic E-state index is -0.917. The molecule has 1 N–H and O–H groups in total. The molecule has 0 amide bonds. The molecule has 5 heteroatoms. The van der Waals surface area contributed by atoms with Gasteiger partial charge in [0.1, 0.15) is 5.76 Å². The number of aryl methyl sites for hydroxylation is 1. The Kier molecular flexibility index (Phi) is 2.91. The third-order valence-corrected chi connectivity index (χ3v) is 2.52. The summed E-state index contributed by atoms with van der Waals surface area (Å²) in [6.45, 7) is 3.29. The number of hydrogen-bond acceptors (Lipinski definition) is 4. The van der Waals surface area contributed by atoms with E-state index in [1.807, 2.05) is 6.07 Å². The fourth-order valence-electron chi connectivity index (χ4n) is 1.54. The number of aliphatic carboxylic acids is 1. The number of carboxylic acid groups (broad SMARTS) is 1. The molecule has 0 aliphatic carbocycles. The Morgan fingerprint density at radius 2 is 2.29 bits per heavy atom. The van der Waals surface area contributed by atoms with Crippen LogP contribution in [0.5, 0.6) is 0 Å². The Morgan fingerprint density at radius 3 is 2.88 bits per heavy atom. The van der Waals surface area contributed by atoms with E-state index in [1.54, 1.807) is 32.3 Å². The molecule has 0 saturated heterocycles. The summed E-state index contributed by atoms with van der Waals surface area (Å²) < 4.78 is 5.46. The number of carboxylic acids is 1. The standard InChI is InChI=1S/C12H12N2O3/c1-7(12(15)16)10-8(2)17-11(14-10)9-4-3-5-13-6-9/h3-7H,1-2H3,(H,15,16). The van der Waals surface area contributed by atoms with Crippen molar-refractivity contribution in [3.05, 3.63) is 36.0 Å².